The second kappa shape index (κ2) is 9.19. The summed E-state index contributed by atoms with van der Waals surface area (Å²) < 4.78 is 18.9. The van der Waals surface area contributed by atoms with Crippen LogP contribution in [0.5, 0.6) is 0 Å². The molecule has 0 aliphatic heterocycles. The van der Waals surface area contributed by atoms with Gasteiger partial charge in [-0.1, -0.05) is 30.3 Å². The number of benzene rings is 2. The lowest BCUT2D eigenvalue weighted by Gasteiger charge is -2.15. The average molecular weight is 441 g/mol. The lowest BCUT2D eigenvalue weighted by molar-refractivity contribution is -0.115. The first kappa shape index (κ1) is 20.2. The number of aryl methyl sites for hydroxylation is 1. The van der Waals surface area contributed by atoms with E-state index in [-0.39, 0.29) is 11.7 Å². The zero-order chi connectivity index (χ0) is 20.9. The monoisotopic (exact) mass is 440 g/mol. The van der Waals surface area contributed by atoms with Crippen molar-refractivity contribution in [2.45, 2.75) is 23.8 Å². The Morgan fingerprint density at radius 3 is 2.63 bits per heavy atom. The fourth-order valence-corrected chi connectivity index (χ4v) is 4.25. The molecule has 4 rings (SSSR count). The van der Waals surface area contributed by atoms with Crippen LogP contribution in [0.15, 0.2) is 69.6 Å². The van der Waals surface area contributed by atoms with Crippen LogP contribution in [-0.4, -0.2) is 21.1 Å². The van der Waals surface area contributed by atoms with Gasteiger partial charge in [0.25, 0.3) is 5.22 Å². The number of rotatable bonds is 7. The number of nitrogens with one attached hydrogen (secondary N) is 1. The summed E-state index contributed by atoms with van der Waals surface area (Å²) in [6.45, 7) is 1.94. The zero-order valence-electron chi connectivity index (χ0n) is 15.9. The van der Waals surface area contributed by atoms with E-state index in [0.29, 0.717) is 23.2 Å². The van der Waals surface area contributed by atoms with E-state index in [1.165, 1.54) is 24.3 Å². The molecule has 1 N–H and O–H groups in total. The zero-order valence-corrected chi connectivity index (χ0v) is 17.5. The van der Waals surface area contributed by atoms with Gasteiger partial charge in [0, 0.05) is 11.1 Å². The van der Waals surface area contributed by atoms with E-state index in [2.05, 4.69) is 20.5 Å². The Morgan fingerprint density at radius 2 is 1.93 bits per heavy atom. The Morgan fingerprint density at radius 1 is 1.17 bits per heavy atom. The fourth-order valence-electron chi connectivity index (χ4n) is 2.74. The molecule has 0 bridgehead atoms. The third-order valence-corrected chi connectivity index (χ3v) is 6.03. The molecule has 152 valence electrons. The summed E-state index contributed by atoms with van der Waals surface area (Å²) in [6, 6.07) is 14.9. The quantitative estimate of drug-likeness (QED) is 0.406. The van der Waals surface area contributed by atoms with Gasteiger partial charge in [0.05, 0.1) is 17.1 Å². The van der Waals surface area contributed by atoms with Gasteiger partial charge in [0.1, 0.15) is 11.1 Å². The van der Waals surface area contributed by atoms with E-state index in [9.17, 15) is 9.18 Å². The molecule has 0 aliphatic rings. The summed E-state index contributed by atoms with van der Waals surface area (Å²) in [5.74, 6) is -0.197. The van der Waals surface area contributed by atoms with Gasteiger partial charge in [-0.25, -0.2) is 9.37 Å². The van der Waals surface area contributed by atoms with Gasteiger partial charge in [-0.05, 0) is 48.5 Å². The molecule has 1 amide bonds. The van der Waals surface area contributed by atoms with E-state index in [1.54, 1.807) is 11.3 Å². The summed E-state index contributed by atoms with van der Waals surface area (Å²) in [7, 11) is 0. The highest BCUT2D eigenvalue weighted by molar-refractivity contribution is 8.00. The van der Waals surface area contributed by atoms with Crippen molar-refractivity contribution in [3.63, 3.8) is 0 Å². The molecule has 0 aliphatic carbocycles. The van der Waals surface area contributed by atoms with Crippen molar-refractivity contribution in [2.75, 3.05) is 5.32 Å². The van der Waals surface area contributed by atoms with E-state index < -0.39 is 5.25 Å². The number of aromatic nitrogens is 3. The number of nitrogens with zero attached hydrogens (tertiary/aromatic N) is 3. The van der Waals surface area contributed by atoms with E-state index in [0.717, 1.165) is 28.0 Å². The van der Waals surface area contributed by atoms with Crippen molar-refractivity contribution in [1.82, 2.24) is 15.2 Å². The summed E-state index contributed by atoms with van der Waals surface area (Å²) in [5, 5.41) is 13.6. The molecule has 9 heteroatoms. The Kier molecular flexibility index (Phi) is 6.20. The van der Waals surface area contributed by atoms with Gasteiger partial charge in [-0.3, -0.25) is 4.79 Å². The first-order valence-electron chi connectivity index (χ1n) is 9.08. The van der Waals surface area contributed by atoms with Crippen molar-refractivity contribution in [3.05, 3.63) is 88.0 Å². The van der Waals surface area contributed by atoms with Crippen molar-refractivity contribution < 1.29 is 13.6 Å². The third-order valence-electron chi connectivity index (χ3n) is 4.12. The molecule has 0 saturated heterocycles. The van der Waals surface area contributed by atoms with Crippen LogP contribution in [0.3, 0.4) is 0 Å². The maximum atomic E-state index is 13.1. The smallest absolute Gasteiger partial charge is 0.277 e. The predicted molar refractivity (Wildman–Crippen MR) is 114 cm³/mol. The number of carbonyl (C=O) groups is 1. The highest BCUT2D eigenvalue weighted by atomic mass is 32.2. The Labute approximate surface area is 180 Å². The van der Waals surface area contributed by atoms with Crippen LogP contribution >= 0.6 is 23.1 Å². The molecular weight excluding hydrogens is 423 g/mol. The van der Waals surface area contributed by atoms with Crippen molar-refractivity contribution in [2.24, 2.45) is 0 Å². The topological polar surface area (TPSA) is 80.9 Å². The second-order valence-corrected chi connectivity index (χ2v) is 8.52. The number of thioether (sulfide) groups is 1. The fraction of sp³-hybridized carbons (Fsp3) is 0.143. The highest BCUT2D eigenvalue weighted by Crippen LogP contribution is 2.35. The molecule has 0 spiro atoms. The van der Waals surface area contributed by atoms with E-state index in [4.69, 9.17) is 4.42 Å². The minimum atomic E-state index is -0.619. The summed E-state index contributed by atoms with van der Waals surface area (Å²) >= 11 is 2.73. The van der Waals surface area contributed by atoms with Crippen LogP contribution < -0.4 is 5.32 Å². The summed E-state index contributed by atoms with van der Waals surface area (Å²) in [4.78, 5) is 17.4. The molecule has 2 aromatic heterocycles. The van der Waals surface area contributed by atoms with Crippen molar-refractivity contribution in [3.8, 4) is 0 Å². The van der Waals surface area contributed by atoms with Crippen LogP contribution in [0.1, 0.15) is 27.4 Å². The second-order valence-electron chi connectivity index (χ2n) is 6.40. The lowest BCUT2D eigenvalue weighted by Crippen LogP contribution is -2.19. The molecule has 0 radical (unpaired) electrons. The van der Waals surface area contributed by atoms with Gasteiger partial charge in [-0.2, -0.15) is 0 Å². The van der Waals surface area contributed by atoms with Gasteiger partial charge < -0.3 is 9.73 Å². The molecule has 4 aromatic rings. The van der Waals surface area contributed by atoms with E-state index >= 15 is 0 Å². The van der Waals surface area contributed by atoms with Crippen LogP contribution in [0.2, 0.25) is 0 Å². The highest BCUT2D eigenvalue weighted by Gasteiger charge is 2.25. The molecular formula is C21H17FN4O2S2. The number of halogens is 1. The van der Waals surface area contributed by atoms with Crippen LogP contribution in [0, 0.1) is 12.7 Å². The Bertz CT molecular complexity index is 1130. The van der Waals surface area contributed by atoms with Crippen LogP contribution in [-0.2, 0) is 11.2 Å². The number of anilines is 1. The number of amides is 1. The molecule has 0 unspecified atom stereocenters. The molecule has 6 nitrogen and oxygen atoms in total. The molecule has 2 aromatic carbocycles. The molecule has 0 saturated carbocycles. The molecule has 30 heavy (non-hydrogen) atoms. The minimum Gasteiger partial charge on any atom is -0.416 e. The summed E-state index contributed by atoms with van der Waals surface area (Å²) in [5.41, 5.74) is 2.16. The van der Waals surface area contributed by atoms with Gasteiger partial charge >= 0.3 is 0 Å². The lowest BCUT2D eigenvalue weighted by atomic mass is 10.1. The first-order valence-corrected chi connectivity index (χ1v) is 10.8. The van der Waals surface area contributed by atoms with Gasteiger partial charge in [0.2, 0.25) is 11.8 Å². The average Bonchev–Trinajstić information content (AvgIpc) is 3.37. The molecule has 2 heterocycles. The van der Waals surface area contributed by atoms with Crippen molar-refractivity contribution in [1.29, 1.82) is 0 Å². The van der Waals surface area contributed by atoms with Crippen LogP contribution in [0.25, 0.3) is 0 Å². The van der Waals surface area contributed by atoms with Crippen LogP contribution in [0.4, 0.5) is 10.1 Å². The summed E-state index contributed by atoms with van der Waals surface area (Å²) in [6.07, 6.45) is 0.440. The first-order chi connectivity index (χ1) is 14.6. The standard InChI is InChI=1S/C21H17FN4O2S2/c1-13-23-17(12-29-13)11-18-25-26-21(28-18)30-19(14-5-3-2-4-6-14)20(27)24-16-9-7-15(22)8-10-16/h2-10,12,19H,11H2,1H3,(H,24,27)/t19-/m1/s1. The molecule has 0 fully saturated rings. The SMILES string of the molecule is Cc1nc(Cc2nnc(S[C@@H](C(=O)Nc3ccc(F)cc3)c3ccccc3)o2)cs1. The van der Waals surface area contributed by atoms with Gasteiger partial charge in [0.15, 0.2) is 0 Å². The number of hydrogen-bond acceptors (Lipinski definition) is 7. The third kappa shape index (κ3) is 5.11. The van der Waals surface area contributed by atoms with Gasteiger partial charge in [-0.15, -0.1) is 21.5 Å². The Hall–Kier alpha value is -3.04. The van der Waals surface area contributed by atoms with Crippen molar-refractivity contribution >= 4 is 34.7 Å². The normalized spacial score (nSPS) is 11.9. The molecule has 1 atom stereocenters. The number of thiazole rings is 1. The predicted octanol–water partition coefficient (Wildman–Crippen LogP) is 5.04. The maximum absolute atomic E-state index is 13.1. The minimum absolute atomic E-state index is 0.271. The largest absolute Gasteiger partial charge is 0.416 e. The number of carbonyl (C=O) groups excluding carboxylic acids is 1. The number of hydrogen-bond donors (Lipinski definition) is 1. The Balaban J connectivity index is 1.51. The van der Waals surface area contributed by atoms with E-state index in [1.807, 2.05) is 42.6 Å². The maximum Gasteiger partial charge on any atom is 0.277 e.